The maximum atomic E-state index is 2.62. The number of fused-ring (bicyclic) bond motifs is 5. The Hall–Kier alpha value is -6.64. The Balaban J connectivity index is 0.877. The summed E-state index contributed by atoms with van der Waals surface area (Å²) in [5.41, 5.74) is 24.0. The van der Waals surface area contributed by atoms with Crippen LogP contribution >= 0.6 is 0 Å². The van der Waals surface area contributed by atoms with E-state index < -0.39 is 0 Å². The van der Waals surface area contributed by atoms with E-state index in [0.29, 0.717) is 11.8 Å². The highest BCUT2D eigenvalue weighted by Crippen LogP contribution is 2.55. The van der Waals surface area contributed by atoms with Crippen LogP contribution in [0.4, 0.5) is 34.1 Å². The molecule has 0 aliphatic heterocycles. The molecule has 8 aromatic carbocycles. The second-order valence-electron chi connectivity index (χ2n) is 22.2. The highest BCUT2D eigenvalue weighted by Gasteiger charge is 2.40. The van der Waals surface area contributed by atoms with E-state index in [9.17, 15) is 0 Å². The average Bonchev–Trinajstić information content (AvgIpc) is 4.11. The molecule has 2 nitrogen and oxygen atoms in total. The largest absolute Gasteiger partial charge is 0.310 e. The van der Waals surface area contributed by atoms with Crippen molar-refractivity contribution in [2.24, 2.45) is 11.8 Å². The average molecular weight is 911 g/mol. The molecule has 8 aromatic rings. The normalized spacial score (nSPS) is 19.9. The monoisotopic (exact) mass is 911 g/mol. The Labute approximate surface area is 417 Å². The molecule has 3 saturated carbocycles. The zero-order chi connectivity index (χ0) is 46.8. The van der Waals surface area contributed by atoms with Gasteiger partial charge in [-0.1, -0.05) is 155 Å². The van der Waals surface area contributed by atoms with Gasteiger partial charge in [-0.15, -0.1) is 0 Å². The van der Waals surface area contributed by atoms with Crippen molar-refractivity contribution < 1.29 is 0 Å². The van der Waals surface area contributed by atoms with Gasteiger partial charge in [-0.2, -0.15) is 0 Å². The maximum Gasteiger partial charge on any atom is 0.0496 e. The van der Waals surface area contributed by atoms with Gasteiger partial charge in [0.25, 0.3) is 0 Å². The van der Waals surface area contributed by atoms with Gasteiger partial charge in [0.05, 0.1) is 0 Å². The van der Waals surface area contributed by atoms with Crippen molar-refractivity contribution >= 4 is 34.1 Å². The van der Waals surface area contributed by atoms with E-state index in [4.69, 9.17) is 0 Å². The fourth-order valence-electron chi connectivity index (χ4n) is 13.9. The predicted molar refractivity (Wildman–Crippen MR) is 294 cm³/mol. The first-order chi connectivity index (χ1) is 34.4. The van der Waals surface area contributed by atoms with Gasteiger partial charge in [-0.3, -0.25) is 0 Å². The number of hydrogen-bond donors (Lipinski definition) is 0. The lowest BCUT2D eigenvalue weighted by Gasteiger charge is -2.31. The first kappa shape index (κ1) is 43.4. The van der Waals surface area contributed by atoms with E-state index in [1.165, 1.54) is 159 Å². The van der Waals surface area contributed by atoms with Crippen LogP contribution in [-0.4, -0.2) is 0 Å². The lowest BCUT2D eigenvalue weighted by atomic mass is 9.81. The van der Waals surface area contributed by atoms with Gasteiger partial charge in [-0.25, -0.2) is 0 Å². The summed E-state index contributed by atoms with van der Waals surface area (Å²) in [5.74, 6) is 3.19. The van der Waals surface area contributed by atoms with E-state index in [2.05, 4.69) is 206 Å². The molecule has 0 radical (unpaired) electrons. The second kappa shape index (κ2) is 18.0. The number of hydrogen-bond acceptors (Lipinski definition) is 2. The number of rotatable bonds is 9. The summed E-state index contributed by atoms with van der Waals surface area (Å²) in [5, 5.41) is 0. The summed E-state index contributed by atoms with van der Waals surface area (Å²) in [6, 6.07) is 70.7. The molecule has 8 aliphatic carbocycles. The summed E-state index contributed by atoms with van der Waals surface area (Å²) in [6.45, 7) is 4.86. The van der Waals surface area contributed by atoms with E-state index in [1.807, 2.05) is 0 Å². The van der Waals surface area contributed by atoms with Gasteiger partial charge in [0.1, 0.15) is 0 Å². The number of aryl methyl sites for hydroxylation is 4. The molecule has 3 fully saturated rings. The molecular weight excluding hydrogens is 845 g/mol. The quantitative estimate of drug-likeness (QED) is 0.142. The lowest BCUT2D eigenvalue weighted by molar-refractivity contribution is 0.420. The van der Waals surface area contributed by atoms with Crippen LogP contribution in [0.3, 0.4) is 0 Å². The minimum Gasteiger partial charge on any atom is -0.310 e. The van der Waals surface area contributed by atoms with Crippen LogP contribution in [-0.2, 0) is 31.1 Å². The Morgan fingerprint density at radius 2 is 0.971 bits per heavy atom. The molecule has 16 rings (SSSR count). The summed E-state index contributed by atoms with van der Waals surface area (Å²) in [6.07, 6.45) is 16.2. The second-order valence-corrected chi connectivity index (χ2v) is 22.2. The van der Waals surface area contributed by atoms with Gasteiger partial charge in [0, 0.05) is 39.5 Å². The van der Waals surface area contributed by atoms with Gasteiger partial charge in [-0.05, 0) is 215 Å². The zero-order valence-corrected chi connectivity index (χ0v) is 41.2. The topological polar surface area (TPSA) is 6.48 Å². The van der Waals surface area contributed by atoms with E-state index in [0.717, 1.165) is 37.5 Å². The minimum absolute atomic E-state index is 0.154. The highest BCUT2D eigenvalue weighted by molar-refractivity contribution is 5.88. The molecule has 70 heavy (non-hydrogen) atoms. The van der Waals surface area contributed by atoms with Crippen molar-refractivity contribution in [3.8, 4) is 22.3 Å². The molecule has 3 unspecified atom stereocenters. The van der Waals surface area contributed by atoms with Crippen LogP contribution < -0.4 is 9.80 Å². The van der Waals surface area contributed by atoms with Crippen molar-refractivity contribution in [3.63, 3.8) is 0 Å². The lowest BCUT2D eigenvalue weighted by Crippen LogP contribution is -2.18. The van der Waals surface area contributed by atoms with E-state index in [-0.39, 0.29) is 5.41 Å². The first-order valence-corrected chi connectivity index (χ1v) is 26.8. The third kappa shape index (κ3) is 7.89. The summed E-state index contributed by atoms with van der Waals surface area (Å²) in [7, 11) is 0. The van der Waals surface area contributed by atoms with Crippen molar-refractivity contribution in [1.29, 1.82) is 0 Å². The Kier molecular flexibility index (Phi) is 11.1. The molecule has 6 bridgehead atoms. The van der Waals surface area contributed by atoms with E-state index >= 15 is 0 Å². The number of nitrogens with zero attached hydrogens (tertiary/aromatic N) is 2. The summed E-state index contributed by atoms with van der Waals surface area (Å²) in [4.78, 5) is 5.14. The highest BCUT2D eigenvalue weighted by atomic mass is 15.2. The summed E-state index contributed by atoms with van der Waals surface area (Å²) < 4.78 is 0. The number of para-hydroxylation sites is 1. The fraction of sp³-hybridized carbons (Fsp3) is 0.294. The Morgan fingerprint density at radius 1 is 0.414 bits per heavy atom. The van der Waals surface area contributed by atoms with Crippen LogP contribution in [0.2, 0.25) is 0 Å². The molecule has 0 aromatic heterocycles. The molecular formula is C68H66N2. The molecule has 0 saturated heterocycles. The Bertz CT molecular complexity index is 3180. The van der Waals surface area contributed by atoms with Gasteiger partial charge < -0.3 is 9.80 Å². The zero-order valence-electron chi connectivity index (χ0n) is 41.2. The number of anilines is 6. The van der Waals surface area contributed by atoms with Gasteiger partial charge >= 0.3 is 0 Å². The van der Waals surface area contributed by atoms with Crippen molar-refractivity contribution in [1.82, 2.24) is 0 Å². The van der Waals surface area contributed by atoms with Gasteiger partial charge in [0.2, 0.25) is 0 Å². The molecule has 0 heterocycles. The molecule has 0 N–H and O–H groups in total. The smallest absolute Gasteiger partial charge is 0.0496 e. The molecule has 3 atom stereocenters. The first-order valence-electron chi connectivity index (χ1n) is 26.8. The molecule has 2 heteroatoms. The van der Waals surface area contributed by atoms with Gasteiger partial charge in [0.15, 0.2) is 0 Å². The van der Waals surface area contributed by atoms with Crippen molar-refractivity contribution in [2.45, 2.75) is 115 Å². The minimum atomic E-state index is -0.154. The van der Waals surface area contributed by atoms with Crippen LogP contribution in [0.1, 0.15) is 128 Å². The number of benzene rings is 8. The molecule has 0 spiro atoms. The van der Waals surface area contributed by atoms with Crippen molar-refractivity contribution in [3.05, 3.63) is 226 Å². The van der Waals surface area contributed by atoms with Crippen molar-refractivity contribution in [2.75, 3.05) is 9.80 Å². The molecule has 8 aliphatic rings. The third-order valence-corrected chi connectivity index (χ3v) is 17.7. The van der Waals surface area contributed by atoms with Crippen LogP contribution in [0.15, 0.2) is 182 Å². The van der Waals surface area contributed by atoms with Crippen LogP contribution in [0.5, 0.6) is 0 Å². The standard InChI is InChI=1S/C68H66N2/c1-68(2)64-44-55(50-14-8-4-9-15-50)32-38-61(64)62-39-37-60(45-65(62)68)70(59-35-30-52(31-36-59)63-41-48-22-27-56(63)40-48)67-43-47-19-24-53-23-18-46(20-25-54(67)26-21-47)42-66(53)69(57-16-10-5-11-17-57)58-33-28-51(29-34-58)49-12-6-3-7-13-49/h4-5,8-11,14-18,21,23,26,28-39,42-45,48-49,56,63H,3,6-7,12-13,19-20,22,24-25,27,40-41H2,1-2H3. The van der Waals surface area contributed by atoms with Crippen LogP contribution in [0.25, 0.3) is 22.3 Å². The Morgan fingerprint density at radius 3 is 1.59 bits per heavy atom. The summed E-state index contributed by atoms with van der Waals surface area (Å²) >= 11 is 0. The maximum absolute atomic E-state index is 2.62. The SMILES string of the molecule is CC1(C)c2cc(-c3ccccc3)ccc2-c2ccc(N(c3ccc(C4CC5CCC4C5)cc3)c3cc4ccc3CCc3ccc(c(N(c5ccccc5)c5ccc(C6CCCCC6)cc5)c3)CC4)cc21. The predicted octanol–water partition coefficient (Wildman–Crippen LogP) is 18.4. The fourth-order valence-corrected chi connectivity index (χ4v) is 13.9. The third-order valence-electron chi connectivity index (χ3n) is 17.7. The molecule has 348 valence electrons. The van der Waals surface area contributed by atoms with Crippen LogP contribution in [0, 0.1) is 11.8 Å². The van der Waals surface area contributed by atoms with E-state index in [1.54, 1.807) is 0 Å². The molecule has 0 amide bonds.